The largest absolute Gasteiger partial charge is 0.456 e. The Kier molecular flexibility index (Phi) is 5.87. The molecule has 0 bridgehead atoms. The molecule has 1 aromatic heterocycles. The maximum Gasteiger partial charge on any atom is 0.450 e. The third kappa shape index (κ3) is 4.26. The average molecular weight is 393 g/mol. The van der Waals surface area contributed by atoms with Gasteiger partial charge in [-0.2, -0.15) is 13.2 Å². The van der Waals surface area contributed by atoms with Crippen LogP contribution in [0.25, 0.3) is 5.57 Å². The standard InChI is InChI=1S/C22H26F3NO2/c1-4-14-11-15(9-10-16(12-14)26-21(27)13(2)3)19-17-7-5-6-8-18(17)28-20(19)22(23,24)25/h9-14H,4-8H2,1-3H3,(H,26,27). The van der Waals surface area contributed by atoms with E-state index in [1.165, 1.54) is 0 Å². The van der Waals surface area contributed by atoms with E-state index >= 15 is 0 Å². The molecule has 0 saturated carbocycles. The van der Waals surface area contributed by atoms with Crippen molar-refractivity contribution in [1.82, 2.24) is 5.32 Å². The molecule has 28 heavy (non-hydrogen) atoms. The van der Waals surface area contributed by atoms with Crippen LogP contribution >= 0.6 is 0 Å². The van der Waals surface area contributed by atoms with Crippen molar-refractivity contribution in [3.8, 4) is 0 Å². The molecule has 0 saturated heterocycles. The average Bonchev–Trinajstić information content (AvgIpc) is 2.92. The van der Waals surface area contributed by atoms with E-state index in [9.17, 15) is 18.0 Å². The lowest BCUT2D eigenvalue weighted by atomic mass is 9.89. The molecule has 2 aliphatic rings. The van der Waals surface area contributed by atoms with Crippen molar-refractivity contribution < 1.29 is 22.4 Å². The second-order valence-electron chi connectivity index (χ2n) is 7.71. The minimum absolute atomic E-state index is 0.0808. The van der Waals surface area contributed by atoms with Gasteiger partial charge < -0.3 is 9.73 Å². The van der Waals surface area contributed by atoms with Crippen molar-refractivity contribution in [1.29, 1.82) is 0 Å². The van der Waals surface area contributed by atoms with E-state index < -0.39 is 11.9 Å². The maximum absolute atomic E-state index is 13.7. The Morgan fingerprint density at radius 1 is 1.21 bits per heavy atom. The Balaban J connectivity index is 2.03. The van der Waals surface area contributed by atoms with Gasteiger partial charge in [0.1, 0.15) is 5.76 Å². The van der Waals surface area contributed by atoms with Gasteiger partial charge in [0.15, 0.2) is 0 Å². The number of carbonyl (C=O) groups is 1. The van der Waals surface area contributed by atoms with Crippen LogP contribution in [0.2, 0.25) is 0 Å². The summed E-state index contributed by atoms with van der Waals surface area (Å²) in [5.41, 5.74) is 1.97. The number of nitrogens with one attached hydrogen (secondary N) is 1. The zero-order valence-electron chi connectivity index (χ0n) is 16.5. The number of fused-ring (bicyclic) bond motifs is 1. The molecule has 0 radical (unpaired) electrons. The van der Waals surface area contributed by atoms with Crippen molar-refractivity contribution >= 4 is 11.5 Å². The summed E-state index contributed by atoms with van der Waals surface area (Å²) in [5, 5.41) is 2.85. The van der Waals surface area contributed by atoms with Gasteiger partial charge >= 0.3 is 6.18 Å². The SMILES string of the molecule is CCC1C=C(NC(=O)C(C)C)C=CC(c2c(C(F)(F)F)oc3c2CCCC3)=C1. The van der Waals surface area contributed by atoms with Gasteiger partial charge in [-0.25, -0.2) is 0 Å². The second-order valence-corrected chi connectivity index (χ2v) is 7.71. The summed E-state index contributed by atoms with van der Waals surface area (Å²) in [6, 6.07) is 0. The molecule has 1 amide bonds. The smallest absolute Gasteiger partial charge is 0.450 e. The summed E-state index contributed by atoms with van der Waals surface area (Å²) in [6.07, 6.45) is 6.10. The molecule has 1 unspecified atom stereocenters. The maximum atomic E-state index is 13.7. The first kappa shape index (κ1) is 20.5. The Bertz CT molecular complexity index is 841. The molecule has 1 heterocycles. The zero-order chi connectivity index (χ0) is 20.5. The first-order valence-corrected chi connectivity index (χ1v) is 9.85. The van der Waals surface area contributed by atoms with E-state index in [1.807, 2.05) is 19.1 Å². The van der Waals surface area contributed by atoms with Gasteiger partial charge in [-0.3, -0.25) is 4.79 Å². The third-order valence-corrected chi connectivity index (χ3v) is 5.21. The van der Waals surface area contributed by atoms with Gasteiger partial charge in [0, 0.05) is 29.2 Å². The van der Waals surface area contributed by atoms with Crippen LogP contribution in [-0.4, -0.2) is 5.91 Å². The van der Waals surface area contributed by atoms with E-state index in [1.54, 1.807) is 26.0 Å². The molecule has 0 fully saturated rings. The molecule has 0 spiro atoms. The van der Waals surface area contributed by atoms with E-state index in [0.29, 0.717) is 41.9 Å². The van der Waals surface area contributed by atoms with Crippen LogP contribution in [-0.2, 0) is 23.8 Å². The fourth-order valence-electron chi connectivity index (χ4n) is 3.64. The number of aryl methyl sites for hydroxylation is 1. The predicted octanol–water partition coefficient (Wildman–Crippen LogP) is 5.81. The number of halogens is 3. The molecule has 0 aromatic carbocycles. The van der Waals surface area contributed by atoms with Crippen molar-refractivity contribution in [3.05, 3.63) is 52.6 Å². The zero-order valence-corrected chi connectivity index (χ0v) is 16.5. The van der Waals surface area contributed by atoms with Crippen LogP contribution in [0.15, 0.2) is 34.4 Å². The number of furan rings is 1. The predicted molar refractivity (Wildman–Crippen MR) is 102 cm³/mol. The Hall–Kier alpha value is -2.24. The summed E-state index contributed by atoms with van der Waals surface area (Å²) in [7, 11) is 0. The first-order valence-electron chi connectivity index (χ1n) is 9.85. The Morgan fingerprint density at radius 2 is 1.93 bits per heavy atom. The van der Waals surface area contributed by atoms with E-state index in [-0.39, 0.29) is 23.3 Å². The van der Waals surface area contributed by atoms with Gasteiger partial charge in [0.05, 0.1) is 0 Å². The van der Waals surface area contributed by atoms with Crippen LogP contribution in [0, 0.1) is 11.8 Å². The van der Waals surface area contributed by atoms with E-state index in [2.05, 4.69) is 5.32 Å². The highest BCUT2D eigenvalue weighted by molar-refractivity contribution is 5.82. The van der Waals surface area contributed by atoms with Crippen molar-refractivity contribution in [2.24, 2.45) is 11.8 Å². The fraction of sp³-hybridized carbons (Fsp3) is 0.500. The van der Waals surface area contributed by atoms with Crippen molar-refractivity contribution in [2.75, 3.05) is 0 Å². The number of hydrogen-bond donors (Lipinski definition) is 1. The minimum atomic E-state index is -4.54. The highest BCUT2D eigenvalue weighted by Gasteiger charge is 2.41. The van der Waals surface area contributed by atoms with Gasteiger partial charge in [-0.15, -0.1) is 0 Å². The molecule has 6 heteroatoms. The molecule has 1 atom stereocenters. The van der Waals surface area contributed by atoms with Gasteiger partial charge in [-0.05, 0) is 43.3 Å². The molecule has 152 valence electrons. The quantitative estimate of drug-likeness (QED) is 0.701. The topological polar surface area (TPSA) is 42.2 Å². The number of allylic oxidation sites excluding steroid dienone is 5. The lowest BCUT2D eigenvalue weighted by Crippen LogP contribution is -2.26. The van der Waals surface area contributed by atoms with Gasteiger partial charge in [0.25, 0.3) is 0 Å². The lowest BCUT2D eigenvalue weighted by molar-refractivity contribution is -0.153. The molecule has 0 aliphatic heterocycles. The normalized spacial score (nSPS) is 19.8. The molecule has 1 N–H and O–H groups in total. The second kappa shape index (κ2) is 8.02. The number of alkyl halides is 3. The molecular formula is C22H26F3NO2. The highest BCUT2D eigenvalue weighted by Crippen LogP contribution is 2.43. The Labute approximate surface area is 163 Å². The summed E-state index contributed by atoms with van der Waals surface area (Å²) in [6.45, 7) is 5.56. The fourth-order valence-corrected chi connectivity index (χ4v) is 3.64. The Morgan fingerprint density at radius 3 is 2.57 bits per heavy atom. The van der Waals surface area contributed by atoms with Gasteiger partial charge in [-0.1, -0.05) is 39.0 Å². The molecule has 1 aromatic rings. The van der Waals surface area contributed by atoms with Crippen molar-refractivity contribution in [2.45, 2.75) is 59.1 Å². The van der Waals surface area contributed by atoms with Crippen LogP contribution in [0.1, 0.15) is 62.7 Å². The molecular weight excluding hydrogens is 367 g/mol. The van der Waals surface area contributed by atoms with Crippen LogP contribution in [0.5, 0.6) is 0 Å². The lowest BCUT2D eigenvalue weighted by Gasteiger charge is -2.13. The minimum Gasteiger partial charge on any atom is -0.456 e. The first-order chi connectivity index (χ1) is 13.2. The molecule has 3 nitrogen and oxygen atoms in total. The third-order valence-electron chi connectivity index (χ3n) is 5.21. The van der Waals surface area contributed by atoms with Gasteiger partial charge in [0.2, 0.25) is 11.7 Å². The number of rotatable bonds is 4. The molecule has 3 rings (SSSR count). The van der Waals surface area contributed by atoms with E-state index in [4.69, 9.17) is 4.42 Å². The van der Waals surface area contributed by atoms with Crippen LogP contribution in [0.4, 0.5) is 13.2 Å². The van der Waals surface area contributed by atoms with Crippen molar-refractivity contribution in [3.63, 3.8) is 0 Å². The monoisotopic (exact) mass is 393 g/mol. The van der Waals surface area contributed by atoms with E-state index in [0.717, 1.165) is 12.8 Å². The summed E-state index contributed by atoms with van der Waals surface area (Å²) < 4.78 is 46.4. The van der Waals surface area contributed by atoms with Crippen LogP contribution < -0.4 is 5.32 Å². The molecule has 2 aliphatic carbocycles. The van der Waals surface area contributed by atoms with Crippen LogP contribution in [0.3, 0.4) is 0 Å². The summed E-state index contributed by atoms with van der Waals surface area (Å²) >= 11 is 0. The number of hydrogen-bond acceptors (Lipinski definition) is 2. The summed E-state index contributed by atoms with van der Waals surface area (Å²) in [4.78, 5) is 12.0. The summed E-state index contributed by atoms with van der Waals surface area (Å²) in [5.74, 6) is -0.822. The number of carbonyl (C=O) groups excluding carboxylic acids is 1. The highest BCUT2D eigenvalue weighted by atomic mass is 19.4. The number of amides is 1.